The highest BCUT2D eigenvalue weighted by Crippen LogP contribution is 2.46. The maximum absolute atomic E-state index is 11.4. The normalized spacial score (nSPS) is 27.2. The molecule has 3 nitrogen and oxygen atoms in total. The third kappa shape index (κ3) is 1.31. The lowest BCUT2D eigenvalue weighted by molar-refractivity contribution is -0.122. The minimum absolute atomic E-state index is 0.00236. The van der Waals surface area contributed by atoms with E-state index in [-0.39, 0.29) is 11.9 Å². The summed E-state index contributed by atoms with van der Waals surface area (Å²) < 4.78 is 5.79. The summed E-state index contributed by atoms with van der Waals surface area (Å²) in [5.41, 5.74) is 1.89. The van der Waals surface area contributed by atoms with Gasteiger partial charge < -0.3 is 9.84 Å². The number of hydrogen-bond donors (Lipinski definition) is 1. The Hall–Kier alpha value is -1.51. The largest absolute Gasteiger partial charge is 0.508 e. The Morgan fingerprint density at radius 3 is 3.06 bits per heavy atom. The number of Topliss-reactive ketones (excluding diaryl/α,β-unsaturated/α-hetero) is 1. The fourth-order valence-corrected chi connectivity index (χ4v) is 2.69. The van der Waals surface area contributed by atoms with Crippen LogP contribution in [-0.2, 0) is 4.79 Å². The van der Waals surface area contributed by atoms with Gasteiger partial charge in [-0.2, -0.15) is 0 Å². The van der Waals surface area contributed by atoms with Crippen LogP contribution in [0.4, 0.5) is 0 Å². The first-order valence-corrected chi connectivity index (χ1v) is 5.67. The molecule has 1 aromatic carbocycles. The van der Waals surface area contributed by atoms with Crippen molar-refractivity contribution in [2.75, 3.05) is 0 Å². The number of aryl methyl sites for hydroxylation is 1. The van der Waals surface area contributed by atoms with Crippen molar-refractivity contribution in [1.82, 2.24) is 0 Å². The Balaban J connectivity index is 2.02. The van der Waals surface area contributed by atoms with Gasteiger partial charge in [0.15, 0.2) is 0 Å². The summed E-state index contributed by atoms with van der Waals surface area (Å²) in [6, 6.07) is 3.67. The molecule has 0 radical (unpaired) electrons. The molecule has 0 saturated heterocycles. The van der Waals surface area contributed by atoms with E-state index in [2.05, 4.69) is 0 Å². The van der Waals surface area contributed by atoms with Crippen LogP contribution in [0.5, 0.6) is 11.5 Å². The first-order chi connectivity index (χ1) is 7.65. The van der Waals surface area contributed by atoms with Gasteiger partial charge in [0.05, 0.1) is 0 Å². The highest BCUT2D eigenvalue weighted by molar-refractivity contribution is 5.80. The van der Waals surface area contributed by atoms with Gasteiger partial charge in [-0.1, -0.05) is 0 Å². The molecule has 1 aromatic rings. The lowest BCUT2D eigenvalue weighted by Crippen LogP contribution is -2.27. The Kier molecular flexibility index (Phi) is 1.96. The van der Waals surface area contributed by atoms with Gasteiger partial charge in [-0.25, -0.2) is 0 Å². The fourth-order valence-electron chi connectivity index (χ4n) is 2.69. The molecule has 1 aliphatic carbocycles. The maximum atomic E-state index is 11.4. The Morgan fingerprint density at radius 1 is 1.44 bits per heavy atom. The van der Waals surface area contributed by atoms with Gasteiger partial charge in [-0.05, 0) is 31.0 Å². The lowest BCUT2D eigenvalue weighted by atomic mass is 9.82. The van der Waals surface area contributed by atoms with Crippen LogP contribution in [-0.4, -0.2) is 17.0 Å². The standard InChI is InChI=1S/C13H14O3/c1-7-4-12-10(6-11(7)15)9-3-2-8(14)5-13(9)16-12/h4,6,9,13,15H,2-3,5H2,1H3/t9-,13-/m0/s1. The van der Waals surface area contributed by atoms with Crippen molar-refractivity contribution in [2.45, 2.75) is 38.2 Å². The summed E-state index contributed by atoms with van der Waals surface area (Å²) in [6.07, 6.45) is 1.99. The molecule has 2 aliphatic rings. The topological polar surface area (TPSA) is 46.5 Å². The van der Waals surface area contributed by atoms with Gasteiger partial charge >= 0.3 is 0 Å². The summed E-state index contributed by atoms with van der Waals surface area (Å²) in [4.78, 5) is 11.4. The minimum atomic E-state index is -0.00236. The molecular formula is C13H14O3. The summed E-state index contributed by atoms with van der Waals surface area (Å²) in [6.45, 7) is 1.85. The van der Waals surface area contributed by atoms with E-state index >= 15 is 0 Å². The number of carbonyl (C=O) groups is 1. The molecule has 16 heavy (non-hydrogen) atoms. The van der Waals surface area contributed by atoms with E-state index in [1.165, 1.54) is 0 Å². The highest BCUT2D eigenvalue weighted by Gasteiger charge is 2.39. The van der Waals surface area contributed by atoms with Crippen LogP contribution in [0.15, 0.2) is 12.1 Å². The summed E-state index contributed by atoms with van der Waals surface area (Å²) in [5.74, 6) is 1.74. The first kappa shape index (κ1) is 9.70. The van der Waals surface area contributed by atoms with Crippen molar-refractivity contribution in [3.63, 3.8) is 0 Å². The van der Waals surface area contributed by atoms with Crippen LogP contribution in [0.2, 0.25) is 0 Å². The number of hydrogen-bond acceptors (Lipinski definition) is 3. The molecule has 1 aliphatic heterocycles. The molecule has 1 N–H and O–H groups in total. The van der Waals surface area contributed by atoms with E-state index in [9.17, 15) is 9.90 Å². The van der Waals surface area contributed by atoms with Crippen molar-refractivity contribution in [2.24, 2.45) is 0 Å². The van der Waals surface area contributed by atoms with Crippen molar-refractivity contribution >= 4 is 5.78 Å². The van der Waals surface area contributed by atoms with Gasteiger partial charge in [0.25, 0.3) is 0 Å². The number of phenolic OH excluding ortho intramolecular Hbond substituents is 1. The minimum Gasteiger partial charge on any atom is -0.508 e. The zero-order valence-electron chi connectivity index (χ0n) is 9.19. The lowest BCUT2D eigenvalue weighted by Gasteiger charge is -2.22. The zero-order chi connectivity index (χ0) is 11.3. The maximum Gasteiger partial charge on any atom is 0.136 e. The van der Waals surface area contributed by atoms with Crippen molar-refractivity contribution in [1.29, 1.82) is 0 Å². The molecule has 3 rings (SSSR count). The molecule has 0 unspecified atom stereocenters. The molecule has 1 fully saturated rings. The second-order valence-corrected chi connectivity index (χ2v) is 4.72. The molecule has 2 atom stereocenters. The van der Waals surface area contributed by atoms with Gasteiger partial charge in [0.2, 0.25) is 0 Å². The monoisotopic (exact) mass is 218 g/mol. The average molecular weight is 218 g/mol. The summed E-state index contributed by atoms with van der Waals surface area (Å²) >= 11 is 0. The van der Waals surface area contributed by atoms with E-state index in [0.29, 0.717) is 24.5 Å². The smallest absolute Gasteiger partial charge is 0.136 e. The number of carbonyl (C=O) groups excluding carboxylic acids is 1. The van der Waals surface area contributed by atoms with E-state index in [0.717, 1.165) is 23.3 Å². The molecule has 0 bridgehead atoms. The van der Waals surface area contributed by atoms with E-state index in [1.807, 2.05) is 13.0 Å². The number of benzene rings is 1. The van der Waals surface area contributed by atoms with Crippen LogP contribution in [0.3, 0.4) is 0 Å². The Bertz CT molecular complexity index is 464. The Morgan fingerprint density at radius 2 is 2.25 bits per heavy atom. The van der Waals surface area contributed by atoms with Crippen molar-refractivity contribution < 1.29 is 14.6 Å². The zero-order valence-corrected chi connectivity index (χ0v) is 9.19. The van der Waals surface area contributed by atoms with Crippen molar-refractivity contribution in [3.8, 4) is 11.5 Å². The van der Waals surface area contributed by atoms with Crippen LogP contribution in [0, 0.1) is 6.92 Å². The molecule has 0 amide bonds. The highest BCUT2D eigenvalue weighted by atomic mass is 16.5. The average Bonchev–Trinajstić information content (AvgIpc) is 2.55. The third-order valence-corrected chi connectivity index (χ3v) is 3.62. The third-order valence-electron chi connectivity index (χ3n) is 3.62. The predicted octanol–water partition coefficient (Wildman–Crippen LogP) is 2.30. The quantitative estimate of drug-likeness (QED) is 0.726. The van der Waals surface area contributed by atoms with E-state index in [1.54, 1.807) is 6.07 Å². The second-order valence-electron chi connectivity index (χ2n) is 4.72. The van der Waals surface area contributed by atoms with E-state index in [4.69, 9.17) is 4.74 Å². The predicted molar refractivity (Wildman–Crippen MR) is 58.9 cm³/mol. The SMILES string of the molecule is Cc1cc2c(cc1O)[C@@H]1CCC(=O)C[C@@H]1O2. The summed E-state index contributed by atoms with van der Waals surface area (Å²) in [5, 5.41) is 9.70. The van der Waals surface area contributed by atoms with Crippen LogP contribution in [0.1, 0.15) is 36.3 Å². The molecular weight excluding hydrogens is 204 g/mol. The molecule has 1 heterocycles. The number of rotatable bonds is 0. The molecule has 0 spiro atoms. The van der Waals surface area contributed by atoms with Gasteiger partial charge in [-0.15, -0.1) is 0 Å². The van der Waals surface area contributed by atoms with Gasteiger partial charge in [0, 0.05) is 24.3 Å². The summed E-state index contributed by atoms with van der Waals surface area (Å²) in [7, 11) is 0. The van der Waals surface area contributed by atoms with Gasteiger partial charge in [-0.3, -0.25) is 4.79 Å². The number of ketones is 1. The fraction of sp³-hybridized carbons (Fsp3) is 0.462. The Labute approximate surface area is 94.0 Å². The van der Waals surface area contributed by atoms with Crippen molar-refractivity contribution in [3.05, 3.63) is 23.3 Å². The number of phenols is 1. The molecule has 3 heteroatoms. The van der Waals surface area contributed by atoms with Gasteiger partial charge in [0.1, 0.15) is 23.4 Å². The second kappa shape index (κ2) is 3.24. The van der Waals surface area contributed by atoms with Crippen LogP contribution >= 0.6 is 0 Å². The molecule has 0 aromatic heterocycles. The number of fused-ring (bicyclic) bond motifs is 3. The first-order valence-electron chi connectivity index (χ1n) is 5.67. The van der Waals surface area contributed by atoms with E-state index < -0.39 is 0 Å². The molecule has 84 valence electrons. The number of aromatic hydroxyl groups is 1. The number of ether oxygens (including phenoxy) is 1. The van der Waals surface area contributed by atoms with Crippen LogP contribution < -0.4 is 4.74 Å². The van der Waals surface area contributed by atoms with Crippen LogP contribution in [0.25, 0.3) is 0 Å². The molecule has 1 saturated carbocycles.